The van der Waals surface area contributed by atoms with Crippen molar-refractivity contribution in [2.45, 2.75) is 32.9 Å². The smallest absolute Gasteiger partial charge is 0.379 e. The lowest BCUT2D eigenvalue weighted by Gasteiger charge is -2.17. The topological polar surface area (TPSA) is 145 Å². The summed E-state index contributed by atoms with van der Waals surface area (Å²) >= 11 is 0. The number of hydrogen-bond acceptors (Lipinski definition) is 7. The molecule has 3 aromatic carbocycles. The normalized spacial score (nSPS) is 11.1. The molecule has 0 aliphatic carbocycles. The second-order valence-electron chi connectivity index (χ2n) is 9.96. The van der Waals surface area contributed by atoms with Crippen molar-refractivity contribution in [1.82, 2.24) is 5.32 Å². The van der Waals surface area contributed by atoms with E-state index in [4.69, 9.17) is 25.0 Å². The van der Waals surface area contributed by atoms with Crippen LogP contribution in [0.5, 0.6) is 5.75 Å². The molecule has 0 bridgehead atoms. The monoisotopic (exact) mass is 575 g/mol. The van der Waals surface area contributed by atoms with E-state index in [0.717, 1.165) is 16.3 Å². The lowest BCUT2D eigenvalue weighted by Crippen LogP contribution is -2.22. The van der Waals surface area contributed by atoms with Gasteiger partial charge in [0.15, 0.2) is 0 Å². The van der Waals surface area contributed by atoms with E-state index in [0.29, 0.717) is 22.6 Å². The number of carbonyl (C=O) groups is 3. The Labute approximate surface area is 243 Å². The van der Waals surface area contributed by atoms with Gasteiger partial charge in [-0.15, -0.1) is 12.4 Å². The molecule has 0 saturated carbocycles. The molecule has 4 rings (SSSR count). The minimum Gasteiger partial charge on any atom is -0.457 e. The molecule has 212 valence electrons. The van der Waals surface area contributed by atoms with E-state index in [1.165, 1.54) is 12.1 Å². The summed E-state index contributed by atoms with van der Waals surface area (Å²) in [6, 6.07) is 20.2. The SMILES string of the molecule is CC(C)(C)OC(=O)C=Cc1ccc(C(=O)NCc2ccc(C(=O)Oc3ccc4cc(C(=N)N)ccc4c3)o2)cc1.Cl. The number of hydrogen-bond donors (Lipinski definition) is 3. The predicted molar refractivity (Wildman–Crippen MR) is 158 cm³/mol. The number of benzene rings is 3. The van der Waals surface area contributed by atoms with Crippen LogP contribution in [0.1, 0.15) is 58.6 Å². The number of nitrogens with two attached hydrogens (primary N) is 1. The standard InChI is InChI=1S/C31H29N3O6.ClH/c1-31(2,3)40-27(35)15-6-19-4-7-20(8-5-19)29(36)34-18-25-13-14-26(38-25)30(37)39-24-12-11-21-16-23(28(32)33)10-9-22(21)17-24;/h4-17H,18H2,1-3H3,(H3,32,33)(H,34,36);1H. The van der Waals surface area contributed by atoms with Crippen LogP contribution in [0, 0.1) is 5.41 Å². The van der Waals surface area contributed by atoms with Crippen molar-refractivity contribution in [1.29, 1.82) is 5.41 Å². The lowest BCUT2D eigenvalue weighted by atomic mass is 10.1. The highest BCUT2D eigenvalue weighted by atomic mass is 35.5. The van der Waals surface area contributed by atoms with Crippen molar-refractivity contribution >= 4 is 52.9 Å². The summed E-state index contributed by atoms with van der Waals surface area (Å²) in [5.74, 6) is -0.754. The molecule has 4 aromatic rings. The molecule has 4 N–H and O–H groups in total. The Morgan fingerprint density at radius 3 is 2.27 bits per heavy atom. The summed E-state index contributed by atoms with van der Waals surface area (Å²) in [5.41, 5.74) is 6.74. The minimum absolute atomic E-state index is 0. The largest absolute Gasteiger partial charge is 0.457 e. The Balaban J connectivity index is 0.00000462. The first-order valence-corrected chi connectivity index (χ1v) is 12.5. The highest BCUT2D eigenvalue weighted by Gasteiger charge is 2.16. The highest BCUT2D eigenvalue weighted by molar-refractivity contribution is 5.99. The Bertz CT molecular complexity index is 1620. The van der Waals surface area contributed by atoms with Gasteiger partial charge < -0.3 is 24.9 Å². The molecular weight excluding hydrogens is 546 g/mol. The van der Waals surface area contributed by atoms with Gasteiger partial charge >= 0.3 is 11.9 Å². The fourth-order valence-electron chi connectivity index (χ4n) is 3.71. The van der Waals surface area contributed by atoms with Crippen molar-refractivity contribution in [3.63, 3.8) is 0 Å². The number of nitrogen functional groups attached to an aromatic ring is 1. The van der Waals surface area contributed by atoms with Crippen LogP contribution < -0.4 is 15.8 Å². The van der Waals surface area contributed by atoms with Crippen molar-refractivity contribution in [3.8, 4) is 5.75 Å². The van der Waals surface area contributed by atoms with Crippen molar-refractivity contribution in [3.05, 3.63) is 107 Å². The zero-order chi connectivity index (χ0) is 28.9. The molecule has 0 unspecified atom stereocenters. The minimum atomic E-state index is -0.674. The van der Waals surface area contributed by atoms with Gasteiger partial charge in [0.05, 0.1) is 6.54 Å². The molecule has 41 heavy (non-hydrogen) atoms. The predicted octanol–water partition coefficient (Wildman–Crippen LogP) is 5.64. The van der Waals surface area contributed by atoms with Crippen LogP contribution in [-0.2, 0) is 16.1 Å². The number of ether oxygens (including phenoxy) is 2. The van der Waals surface area contributed by atoms with Crippen LogP contribution in [0.4, 0.5) is 0 Å². The molecule has 0 fully saturated rings. The second-order valence-corrected chi connectivity index (χ2v) is 9.96. The van der Waals surface area contributed by atoms with Crippen LogP contribution in [-0.4, -0.2) is 29.3 Å². The third-order valence-corrected chi connectivity index (χ3v) is 5.61. The average Bonchev–Trinajstić information content (AvgIpc) is 3.39. The maximum atomic E-state index is 12.6. The number of amides is 1. The number of amidine groups is 1. The van der Waals surface area contributed by atoms with Gasteiger partial charge in [-0.3, -0.25) is 10.2 Å². The summed E-state index contributed by atoms with van der Waals surface area (Å²) in [7, 11) is 0. The summed E-state index contributed by atoms with van der Waals surface area (Å²) in [6.45, 7) is 5.45. The Hall–Kier alpha value is -4.89. The summed E-state index contributed by atoms with van der Waals surface area (Å²) in [4.78, 5) is 36.9. The second kappa shape index (κ2) is 13.0. The van der Waals surface area contributed by atoms with Gasteiger partial charge in [-0.25, -0.2) is 9.59 Å². The number of halogens is 1. The maximum absolute atomic E-state index is 12.6. The number of rotatable bonds is 8. The van der Waals surface area contributed by atoms with E-state index in [1.54, 1.807) is 93.6 Å². The molecule has 0 radical (unpaired) electrons. The Morgan fingerprint density at radius 1 is 0.927 bits per heavy atom. The number of furan rings is 1. The number of nitrogens with one attached hydrogen (secondary N) is 2. The maximum Gasteiger partial charge on any atom is 0.379 e. The molecule has 0 spiro atoms. The van der Waals surface area contributed by atoms with Gasteiger partial charge in [0, 0.05) is 17.2 Å². The molecule has 1 aromatic heterocycles. The van der Waals surface area contributed by atoms with Crippen LogP contribution in [0.3, 0.4) is 0 Å². The fourth-order valence-corrected chi connectivity index (χ4v) is 3.71. The van der Waals surface area contributed by atoms with Crippen molar-refractivity contribution in [2.24, 2.45) is 5.73 Å². The quantitative estimate of drug-likeness (QED) is 0.0810. The molecule has 0 atom stereocenters. The molecule has 1 heterocycles. The van der Waals surface area contributed by atoms with Gasteiger partial charge in [0.25, 0.3) is 5.91 Å². The number of esters is 2. The zero-order valence-electron chi connectivity index (χ0n) is 22.7. The first-order valence-electron chi connectivity index (χ1n) is 12.5. The van der Waals surface area contributed by atoms with E-state index in [2.05, 4.69) is 5.32 Å². The van der Waals surface area contributed by atoms with Gasteiger partial charge in [-0.05, 0) is 85.6 Å². The van der Waals surface area contributed by atoms with Crippen molar-refractivity contribution in [2.75, 3.05) is 0 Å². The van der Waals surface area contributed by atoms with Crippen LogP contribution in [0.2, 0.25) is 0 Å². The summed E-state index contributed by atoms with van der Waals surface area (Å²) < 4.78 is 16.2. The van der Waals surface area contributed by atoms with Gasteiger partial charge in [-0.1, -0.05) is 30.3 Å². The van der Waals surface area contributed by atoms with Gasteiger partial charge in [0.1, 0.15) is 22.9 Å². The zero-order valence-corrected chi connectivity index (χ0v) is 23.5. The molecule has 0 saturated heterocycles. The van der Waals surface area contributed by atoms with E-state index in [-0.39, 0.29) is 36.5 Å². The number of fused-ring (bicyclic) bond motifs is 1. The molecule has 10 heteroatoms. The Kier molecular flexibility index (Phi) is 9.70. The molecule has 0 aliphatic rings. The summed E-state index contributed by atoms with van der Waals surface area (Å²) in [5, 5.41) is 12.0. The van der Waals surface area contributed by atoms with E-state index < -0.39 is 17.5 Å². The third kappa shape index (κ3) is 8.55. The highest BCUT2D eigenvalue weighted by Crippen LogP contribution is 2.23. The number of carbonyl (C=O) groups excluding carboxylic acids is 3. The lowest BCUT2D eigenvalue weighted by molar-refractivity contribution is -0.148. The molecular formula is C31H30ClN3O6. The fraction of sp³-hybridized carbons (Fsp3) is 0.161. The van der Waals surface area contributed by atoms with E-state index >= 15 is 0 Å². The van der Waals surface area contributed by atoms with E-state index in [9.17, 15) is 14.4 Å². The molecule has 9 nitrogen and oxygen atoms in total. The average molecular weight is 576 g/mol. The summed E-state index contributed by atoms with van der Waals surface area (Å²) in [6.07, 6.45) is 2.95. The van der Waals surface area contributed by atoms with E-state index in [1.807, 2.05) is 0 Å². The van der Waals surface area contributed by atoms with Gasteiger partial charge in [0.2, 0.25) is 5.76 Å². The van der Waals surface area contributed by atoms with Crippen LogP contribution in [0.15, 0.2) is 83.3 Å². The first-order chi connectivity index (χ1) is 19.0. The molecule has 1 amide bonds. The van der Waals surface area contributed by atoms with Gasteiger partial charge in [-0.2, -0.15) is 0 Å². The Morgan fingerprint density at radius 2 is 1.59 bits per heavy atom. The third-order valence-electron chi connectivity index (χ3n) is 5.61. The van der Waals surface area contributed by atoms with Crippen molar-refractivity contribution < 1.29 is 28.3 Å². The first kappa shape index (κ1) is 30.6. The van der Waals surface area contributed by atoms with Crippen LogP contribution >= 0.6 is 12.4 Å². The molecule has 0 aliphatic heterocycles. The van der Waals surface area contributed by atoms with Crippen LogP contribution in [0.25, 0.3) is 16.8 Å².